The summed E-state index contributed by atoms with van der Waals surface area (Å²) < 4.78 is 7.42. The minimum absolute atomic E-state index is 0.0322. The molecule has 3 rings (SSSR count). The molecule has 0 aromatic carbocycles. The van der Waals surface area contributed by atoms with Gasteiger partial charge in [-0.05, 0) is 12.8 Å². The van der Waals surface area contributed by atoms with Gasteiger partial charge in [-0.3, -0.25) is 4.79 Å². The predicted molar refractivity (Wildman–Crippen MR) is 70.7 cm³/mol. The average Bonchev–Trinajstić information content (AvgIpc) is 3.02. The zero-order valence-electron chi connectivity index (χ0n) is 10.7. The van der Waals surface area contributed by atoms with Gasteiger partial charge in [0.1, 0.15) is 24.0 Å². The van der Waals surface area contributed by atoms with Gasteiger partial charge in [-0.2, -0.15) is 0 Å². The molecule has 3 heterocycles. The molecule has 5 N–H and O–H groups in total. The monoisotopic (exact) mass is 277 g/mol. The number of hydrogen-bond acceptors (Lipinski definition) is 6. The number of aliphatic hydroxyl groups excluding tert-OH is 1. The largest absolute Gasteiger partial charge is 0.394 e. The summed E-state index contributed by atoms with van der Waals surface area (Å²) in [5, 5.41) is 9.57. The lowest BCUT2D eigenvalue weighted by Gasteiger charge is -2.14. The van der Waals surface area contributed by atoms with Crippen LogP contribution >= 0.6 is 0 Å². The molecular formula is C12H15N5O3. The number of rotatable bonds is 3. The zero-order chi connectivity index (χ0) is 14.3. The summed E-state index contributed by atoms with van der Waals surface area (Å²) in [6.45, 7) is -0.0322. The molecule has 8 heteroatoms. The number of aliphatic hydroxyl groups is 1. The number of hydrogen-bond donors (Lipinski definition) is 3. The third kappa shape index (κ3) is 1.89. The Morgan fingerprint density at radius 1 is 1.50 bits per heavy atom. The summed E-state index contributed by atoms with van der Waals surface area (Å²) in [6.07, 6.45) is 3.88. The molecule has 2 atom stereocenters. The minimum Gasteiger partial charge on any atom is -0.394 e. The molecule has 1 saturated heterocycles. The lowest BCUT2D eigenvalue weighted by Crippen LogP contribution is -2.14. The third-order valence-corrected chi connectivity index (χ3v) is 3.50. The van der Waals surface area contributed by atoms with Crippen LogP contribution < -0.4 is 11.5 Å². The Morgan fingerprint density at radius 3 is 2.95 bits per heavy atom. The molecule has 2 aromatic heterocycles. The maximum absolute atomic E-state index is 11.5. The van der Waals surface area contributed by atoms with Crippen molar-refractivity contribution in [3.05, 3.63) is 18.1 Å². The van der Waals surface area contributed by atoms with Crippen molar-refractivity contribution in [1.82, 2.24) is 14.5 Å². The number of nitrogens with zero attached hydrogens (tertiary/aromatic N) is 3. The normalized spacial score (nSPS) is 22.4. The van der Waals surface area contributed by atoms with Gasteiger partial charge >= 0.3 is 0 Å². The molecule has 20 heavy (non-hydrogen) atoms. The van der Waals surface area contributed by atoms with Gasteiger partial charge in [-0.1, -0.05) is 0 Å². The first kappa shape index (κ1) is 12.8. The molecule has 0 spiro atoms. The SMILES string of the molecule is NC(=O)c1cn([C@H]2CC[C@@H](CO)O2)c2ncnc(N)c12. The van der Waals surface area contributed by atoms with Crippen LogP contribution in [-0.4, -0.2) is 38.3 Å². The van der Waals surface area contributed by atoms with E-state index in [4.69, 9.17) is 21.3 Å². The molecule has 0 aliphatic carbocycles. The molecule has 106 valence electrons. The van der Waals surface area contributed by atoms with Gasteiger partial charge in [0.15, 0.2) is 0 Å². The topological polar surface area (TPSA) is 129 Å². The van der Waals surface area contributed by atoms with Crippen LogP contribution in [0.25, 0.3) is 11.0 Å². The van der Waals surface area contributed by atoms with E-state index < -0.39 is 5.91 Å². The number of aromatic nitrogens is 3. The second-order valence-electron chi connectivity index (χ2n) is 4.74. The fourth-order valence-corrected chi connectivity index (χ4v) is 2.54. The van der Waals surface area contributed by atoms with Gasteiger partial charge in [0.05, 0.1) is 23.7 Å². The molecule has 1 aliphatic heterocycles. The van der Waals surface area contributed by atoms with Crippen LogP contribution in [-0.2, 0) is 4.74 Å². The van der Waals surface area contributed by atoms with Gasteiger partial charge < -0.3 is 25.9 Å². The van der Waals surface area contributed by atoms with Crippen LogP contribution in [0.5, 0.6) is 0 Å². The molecule has 0 saturated carbocycles. The van der Waals surface area contributed by atoms with E-state index >= 15 is 0 Å². The smallest absolute Gasteiger partial charge is 0.251 e. The first-order chi connectivity index (χ1) is 9.61. The summed E-state index contributed by atoms with van der Waals surface area (Å²) in [6, 6.07) is 0. The standard InChI is InChI=1S/C12H15N5O3/c13-10-9-7(11(14)19)3-17(12(9)16-5-15-10)8-2-1-6(4-18)20-8/h3,5-6,8,18H,1-2,4H2,(H2,14,19)(H2,13,15,16)/t6-,8+/m0/s1. The van der Waals surface area contributed by atoms with Gasteiger partial charge in [0.25, 0.3) is 5.91 Å². The summed E-state index contributed by atoms with van der Waals surface area (Å²) in [5.41, 5.74) is 12.0. The number of carbonyl (C=O) groups excluding carboxylic acids is 1. The molecule has 1 aliphatic rings. The maximum Gasteiger partial charge on any atom is 0.251 e. The van der Waals surface area contributed by atoms with E-state index in [0.29, 0.717) is 11.0 Å². The van der Waals surface area contributed by atoms with Crippen LogP contribution in [0.4, 0.5) is 5.82 Å². The van der Waals surface area contributed by atoms with Crippen LogP contribution in [0.15, 0.2) is 12.5 Å². The Hall–Kier alpha value is -2.19. The molecular weight excluding hydrogens is 262 g/mol. The quantitative estimate of drug-likeness (QED) is 0.711. The lowest BCUT2D eigenvalue weighted by molar-refractivity contribution is -0.0205. The number of nitrogen functional groups attached to an aromatic ring is 1. The molecule has 0 unspecified atom stereocenters. The zero-order valence-corrected chi connectivity index (χ0v) is 10.7. The van der Waals surface area contributed by atoms with E-state index in [1.807, 2.05) is 0 Å². The summed E-state index contributed by atoms with van der Waals surface area (Å²) in [7, 11) is 0. The fourth-order valence-electron chi connectivity index (χ4n) is 2.54. The van der Waals surface area contributed by atoms with Crippen molar-refractivity contribution in [3.63, 3.8) is 0 Å². The highest BCUT2D eigenvalue weighted by molar-refractivity contribution is 6.08. The number of carbonyl (C=O) groups is 1. The van der Waals surface area contributed by atoms with Gasteiger partial charge in [-0.15, -0.1) is 0 Å². The molecule has 1 amide bonds. The van der Waals surface area contributed by atoms with Gasteiger partial charge in [0, 0.05) is 6.20 Å². The van der Waals surface area contributed by atoms with Crippen LogP contribution in [0.2, 0.25) is 0 Å². The number of amides is 1. The third-order valence-electron chi connectivity index (χ3n) is 3.50. The van der Waals surface area contributed by atoms with E-state index in [2.05, 4.69) is 9.97 Å². The van der Waals surface area contributed by atoms with E-state index in [0.717, 1.165) is 12.8 Å². The van der Waals surface area contributed by atoms with E-state index in [9.17, 15) is 4.79 Å². The number of anilines is 1. The Labute approximate surface area is 114 Å². The Balaban J connectivity index is 2.12. The molecule has 2 aromatic rings. The minimum atomic E-state index is -0.591. The molecule has 0 bridgehead atoms. The first-order valence-corrected chi connectivity index (χ1v) is 6.29. The summed E-state index contributed by atoms with van der Waals surface area (Å²) >= 11 is 0. The van der Waals surface area contributed by atoms with Gasteiger partial charge in [-0.25, -0.2) is 9.97 Å². The highest BCUT2D eigenvalue weighted by Crippen LogP contribution is 2.33. The Bertz CT molecular complexity index is 668. The van der Waals surface area contributed by atoms with Gasteiger partial charge in [0.2, 0.25) is 0 Å². The molecule has 1 fully saturated rings. The van der Waals surface area contributed by atoms with Crippen molar-refractivity contribution in [1.29, 1.82) is 0 Å². The van der Waals surface area contributed by atoms with Crippen molar-refractivity contribution in [2.45, 2.75) is 25.2 Å². The van der Waals surface area contributed by atoms with Crippen molar-refractivity contribution >= 4 is 22.8 Å². The number of fused-ring (bicyclic) bond motifs is 1. The summed E-state index contributed by atoms with van der Waals surface area (Å²) in [5.74, 6) is -0.383. The average molecular weight is 277 g/mol. The van der Waals surface area contributed by atoms with E-state index in [1.54, 1.807) is 10.8 Å². The Kier molecular flexibility index (Phi) is 3.03. The second kappa shape index (κ2) is 4.73. The predicted octanol–water partition coefficient (Wildman–Crippen LogP) is -0.218. The fraction of sp³-hybridized carbons (Fsp3) is 0.417. The summed E-state index contributed by atoms with van der Waals surface area (Å²) in [4.78, 5) is 19.6. The van der Waals surface area contributed by atoms with Crippen LogP contribution in [0, 0.1) is 0 Å². The Morgan fingerprint density at radius 2 is 2.30 bits per heavy atom. The van der Waals surface area contributed by atoms with Crippen LogP contribution in [0.3, 0.4) is 0 Å². The van der Waals surface area contributed by atoms with Crippen molar-refractivity contribution in [2.24, 2.45) is 5.73 Å². The molecule has 0 radical (unpaired) electrons. The van der Waals surface area contributed by atoms with E-state index in [1.165, 1.54) is 6.33 Å². The lowest BCUT2D eigenvalue weighted by atomic mass is 10.2. The highest BCUT2D eigenvalue weighted by Gasteiger charge is 2.29. The first-order valence-electron chi connectivity index (χ1n) is 6.29. The van der Waals surface area contributed by atoms with Crippen LogP contribution in [0.1, 0.15) is 29.4 Å². The van der Waals surface area contributed by atoms with E-state index in [-0.39, 0.29) is 30.3 Å². The second-order valence-corrected chi connectivity index (χ2v) is 4.74. The van der Waals surface area contributed by atoms with Crippen molar-refractivity contribution in [3.8, 4) is 0 Å². The van der Waals surface area contributed by atoms with Crippen molar-refractivity contribution < 1.29 is 14.6 Å². The maximum atomic E-state index is 11.5. The number of ether oxygens (including phenoxy) is 1. The number of nitrogens with two attached hydrogens (primary N) is 2. The van der Waals surface area contributed by atoms with Crippen molar-refractivity contribution in [2.75, 3.05) is 12.3 Å². The highest BCUT2D eigenvalue weighted by atomic mass is 16.5. The number of primary amides is 1. The molecule has 8 nitrogen and oxygen atoms in total.